The lowest BCUT2D eigenvalue weighted by molar-refractivity contribution is -0.240. The van der Waals surface area contributed by atoms with Crippen LogP contribution >= 0.6 is 0 Å². The third-order valence-electron chi connectivity index (χ3n) is 13.8. The summed E-state index contributed by atoms with van der Waals surface area (Å²) >= 11 is 0. The highest BCUT2D eigenvalue weighted by atomic mass is 16.6. The molecule has 1 saturated heterocycles. The van der Waals surface area contributed by atoms with Crippen LogP contribution in [0.1, 0.15) is 120 Å². The summed E-state index contributed by atoms with van der Waals surface area (Å²) < 4.78 is 7.12. The first kappa shape index (κ1) is 22.4. The highest BCUT2D eigenvalue weighted by molar-refractivity contribution is 5.32. The van der Waals surface area contributed by atoms with E-state index >= 15 is 0 Å². The number of hydrogen-bond donors (Lipinski definition) is 1. The molecule has 32 heavy (non-hydrogen) atoms. The summed E-state index contributed by atoms with van der Waals surface area (Å²) in [6, 6.07) is 0. The van der Waals surface area contributed by atoms with Crippen molar-refractivity contribution in [2.24, 2.45) is 50.2 Å². The Balaban J connectivity index is 1.42. The minimum absolute atomic E-state index is 0.0368. The Labute approximate surface area is 197 Å². The summed E-state index contributed by atoms with van der Waals surface area (Å²) in [7, 11) is 0. The molecule has 0 aromatic carbocycles. The monoisotopic (exact) mass is 442 g/mol. The predicted octanol–water partition coefficient (Wildman–Crippen LogP) is 7.38. The quantitative estimate of drug-likeness (QED) is 0.397. The van der Waals surface area contributed by atoms with Crippen LogP contribution in [0, 0.1) is 50.2 Å². The first-order chi connectivity index (χ1) is 14.7. The number of aliphatic hydroxyl groups excluding tert-OH is 1. The van der Waals surface area contributed by atoms with Gasteiger partial charge < -0.3 is 9.84 Å². The molecule has 0 amide bonds. The lowest BCUT2D eigenvalue weighted by atomic mass is 9.32. The molecule has 2 nitrogen and oxygen atoms in total. The molecule has 5 aliphatic carbocycles. The van der Waals surface area contributed by atoms with Crippen molar-refractivity contribution in [3.8, 4) is 0 Å². The molecular weight excluding hydrogens is 392 g/mol. The third-order valence-corrected chi connectivity index (χ3v) is 13.8. The number of aliphatic hydroxyl groups is 1. The Morgan fingerprint density at radius 3 is 1.97 bits per heavy atom. The van der Waals surface area contributed by atoms with Crippen LogP contribution in [0.5, 0.6) is 0 Å². The van der Waals surface area contributed by atoms with Crippen LogP contribution in [0.3, 0.4) is 0 Å². The topological polar surface area (TPSA) is 32.8 Å². The van der Waals surface area contributed by atoms with Crippen molar-refractivity contribution in [3.63, 3.8) is 0 Å². The maximum Gasteiger partial charge on any atom is 0.106 e. The van der Waals surface area contributed by atoms with Crippen LogP contribution < -0.4 is 0 Å². The third kappa shape index (κ3) is 2.32. The Morgan fingerprint density at radius 1 is 0.656 bits per heavy atom. The summed E-state index contributed by atoms with van der Waals surface area (Å²) in [5.74, 6) is 2.17. The molecule has 0 bridgehead atoms. The molecule has 6 aliphatic rings. The average molecular weight is 443 g/mol. The molecule has 2 heteroatoms. The van der Waals surface area contributed by atoms with Crippen LogP contribution in [-0.2, 0) is 4.74 Å². The van der Waals surface area contributed by atoms with E-state index in [0.717, 1.165) is 18.3 Å². The standard InChI is InChI=1S/C30H50O2/c1-24(2)15-16-26(5)18-23-30(32-23)28(7)13-9-19-25(3,4)22(31)11-12-27(19,6)20(28)10-14-29(30,8)21(26)17-24/h19-23,31H,9-18H2,1-8H3. The number of rotatable bonds is 0. The van der Waals surface area contributed by atoms with Crippen molar-refractivity contribution in [2.75, 3.05) is 0 Å². The molecule has 0 aromatic heterocycles. The van der Waals surface area contributed by atoms with Crippen LogP contribution in [0.2, 0.25) is 0 Å². The van der Waals surface area contributed by atoms with E-state index in [9.17, 15) is 5.11 Å². The van der Waals surface area contributed by atoms with Crippen molar-refractivity contribution >= 4 is 0 Å². The molecular formula is C30H50O2. The molecule has 182 valence electrons. The fraction of sp³-hybridized carbons (Fsp3) is 1.00. The summed E-state index contributed by atoms with van der Waals surface area (Å²) in [5, 5.41) is 10.9. The van der Waals surface area contributed by atoms with Gasteiger partial charge in [0.05, 0.1) is 12.2 Å². The first-order valence-corrected chi connectivity index (χ1v) is 14.0. The van der Waals surface area contributed by atoms with Crippen LogP contribution in [0.4, 0.5) is 0 Å². The summed E-state index contributed by atoms with van der Waals surface area (Å²) in [5.41, 5.74) is 2.04. The van der Waals surface area contributed by atoms with Crippen molar-refractivity contribution in [1.82, 2.24) is 0 Å². The second-order valence-corrected chi connectivity index (χ2v) is 16.0. The van der Waals surface area contributed by atoms with Gasteiger partial charge in [-0.1, -0.05) is 55.4 Å². The zero-order chi connectivity index (χ0) is 23.2. The molecule has 1 N–H and O–H groups in total. The second-order valence-electron chi connectivity index (χ2n) is 16.0. The van der Waals surface area contributed by atoms with Gasteiger partial charge in [0.2, 0.25) is 0 Å². The van der Waals surface area contributed by atoms with E-state index in [1.807, 2.05) is 0 Å². The molecule has 6 rings (SSSR count). The number of hydrogen-bond acceptors (Lipinski definition) is 2. The van der Waals surface area contributed by atoms with E-state index < -0.39 is 0 Å². The van der Waals surface area contributed by atoms with E-state index in [-0.39, 0.29) is 22.5 Å². The maximum atomic E-state index is 10.9. The van der Waals surface area contributed by atoms with Crippen molar-refractivity contribution in [3.05, 3.63) is 0 Å². The van der Waals surface area contributed by atoms with Gasteiger partial charge in [-0.25, -0.2) is 0 Å². The Kier molecular flexibility index (Phi) is 4.20. The van der Waals surface area contributed by atoms with Crippen LogP contribution in [-0.4, -0.2) is 22.9 Å². The predicted molar refractivity (Wildman–Crippen MR) is 130 cm³/mol. The molecule has 1 spiro atoms. The molecule has 0 aromatic rings. The normalized spacial score (nSPS) is 62.0. The lowest BCUT2D eigenvalue weighted by Crippen LogP contribution is -2.70. The molecule has 6 fully saturated rings. The number of epoxide rings is 1. The van der Waals surface area contributed by atoms with Crippen LogP contribution in [0.15, 0.2) is 0 Å². The SMILES string of the molecule is CC1(C)CCC2(C)CC3OC34C(C)(CCC3C5(C)CCC(O)C(C)(C)C5CCC34C)C2C1. The molecule has 1 aliphatic heterocycles. The van der Waals surface area contributed by atoms with E-state index in [4.69, 9.17) is 4.74 Å². The Bertz CT molecular complexity index is 831. The smallest absolute Gasteiger partial charge is 0.106 e. The zero-order valence-corrected chi connectivity index (χ0v) is 22.3. The number of fused-ring (bicyclic) bond motifs is 5. The van der Waals surface area contributed by atoms with Crippen molar-refractivity contribution in [2.45, 2.75) is 137 Å². The second kappa shape index (κ2) is 6.00. The van der Waals surface area contributed by atoms with Gasteiger partial charge in [-0.2, -0.15) is 0 Å². The summed E-state index contributed by atoms with van der Waals surface area (Å²) in [6.07, 6.45) is 13.3. The van der Waals surface area contributed by atoms with Crippen molar-refractivity contribution < 1.29 is 9.84 Å². The largest absolute Gasteiger partial charge is 0.393 e. The van der Waals surface area contributed by atoms with E-state index in [1.54, 1.807) is 0 Å². The van der Waals surface area contributed by atoms with Crippen LogP contribution in [0.25, 0.3) is 0 Å². The molecule has 10 atom stereocenters. The van der Waals surface area contributed by atoms with Crippen molar-refractivity contribution in [1.29, 1.82) is 0 Å². The van der Waals surface area contributed by atoms with Gasteiger partial charge >= 0.3 is 0 Å². The minimum Gasteiger partial charge on any atom is -0.393 e. The maximum absolute atomic E-state index is 10.9. The van der Waals surface area contributed by atoms with Gasteiger partial charge in [-0.3, -0.25) is 0 Å². The van der Waals surface area contributed by atoms with Gasteiger partial charge in [-0.05, 0) is 104 Å². The fourth-order valence-corrected chi connectivity index (χ4v) is 12.1. The Hall–Kier alpha value is -0.0800. The van der Waals surface area contributed by atoms with Gasteiger partial charge in [-0.15, -0.1) is 0 Å². The summed E-state index contributed by atoms with van der Waals surface area (Å²) in [4.78, 5) is 0. The highest BCUT2D eigenvalue weighted by Gasteiger charge is 2.84. The zero-order valence-electron chi connectivity index (χ0n) is 22.3. The van der Waals surface area contributed by atoms with E-state index in [1.165, 1.54) is 57.8 Å². The van der Waals surface area contributed by atoms with E-state index in [0.29, 0.717) is 33.7 Å². The van der Waals surface area contributed by atoms with Gasteiger partial charge in [0.15, 0.2) is 0 Å². The molecule has 10 unspecified atom stereocenters. The molecule has 0 radical (unpaired) electrons. The fourth-order valence-electron chi connectivity index (χ4n) is 12.1. The first-order valence-electron chi connectivity index (χ1n) is 14.0. The summed E-state index contributed by atoms with van der Waals surface area (Å²) in [6.45, 7) is 20.4. The molecule has 5 saturated carbocycles. The average Bonchev–Trinajstić information content (AvgIpc) is 3.41. The van der Waals surface area contributed by atoms with Gasteiger partial charge in [0, 0.05) is 10.8 Å². The minimum atomic E-state index is -0.137. The lowest BCUT2D eigenvalue weighted by Gasteiger charge is -2.71. The van der Waals surface area contributed by atoms with Gasteiger partial charge in [0.25, 0.3) is 0 Å². The Morgan fingerprint density at radius 2 is 1.28 bits per heavy atom. The van der Waals surface area contributed by atoms with Gasteiger partial charge in [0.1, 0.15) is 5.60 Å². The number of ether oxygens (including phenoxy) is 1. The van der Waals surface area contributed by atoms with E-state index in [2.05, 4.69) is 55.4 Å². The highest BCUT2D eigenvalue weighted by Crippen LogP contribution is 2.83. The molecule has 1 heterocycles.